The highest BCUT2D eigenvalue weighted by Crippen LogP contribution is 2.38. The molecule has 0 spiro atoms. The Morgan fingerprint density at radius 2 is 1.79 bits per heavy atom. The van der Waals surface area contributed by atoms with Crippen molar-refractivity contribution in [3.63, 3.8) is 0 Å². The lowest BCUT2D eigenvalue weighted by molar-refractivity contribution is 0.173. The van der Waals surface area contributed by atoms with Crippen LogP contribution in [-0.4, -0.2) is 45.0 Å². The molecule has 0 aromatic heterocycles. The molecule has 1 atom stereocenters. The van der Waals surface area contributed by atoms with Crippen molar-refractivity contribution in [1.29, 1.82) is 0 Å². The van der Waals surface area contributed by atoms with Crippen LogP contribution in [0.2, 0.25) is 0 Å². The second-order valence-electron chi connectivity index (χ2n) is 6.08. The van der Waals surface area contributed by atoms with Crippen LogP contribution in [0.3, 0.4) is 0 Å². The topological polar surface area (TPSA) is 43.0 Å². The molecule has 24 heavy (non-hydrogen) atoms. The van der Waals surface area contributed by atoms with Crippen molar-refractivity contribution in [3.8, 4) is 17.2 Å². The summed E-state index contributed by atoms with van der Waals surface area (Å²) in [5.41, 5.74) is 2.45. The molecule has 1 fully saturated rings. The van der Waals surface area contributed by atoms with Gasteiger partial charge in [-0.25, -0.2) is 0 Å². The number of rotatable bonds is 4. The lowest BCUT2D eigenvalue weighted by Gasteiger charge is -2.35. The van der Waals surface area contributed by atoms with Gasteiger partial charge in [0.15, 0.2) is 11.5 Å². The van der Waals surface area contributed by atoms with Gasteiger partial charge in [-0.1, -0.05) is 18.2 Å². The second-order valence-corrected chi connectivity index (χ2v) is 6.08. The molecule has 2 heterocycles. The number of methoxy groups -OCH3 is 1. The Labute approximate surface area is 142 Å². The zero-order valence-electron chi connectivity index (χ0n) is 13.8. The Kier molecular flexibility index (Phi) is 4.28. The minimum absolute atomic E-state index is 0.177. The van der Waals surface area contributed by atoms with Crippen LogP contribution in [0.5, 0.6) is 17.2 Å². The highest BCUT2D eigenvalue weighted by atomic mass is 16.7. The minimum Gasteiger partial charge on any atom is -0.497 e. The summed E-state index contributed by atoms with van der Waals surface area (Å²) in [4.78, 5) is 2.50. The summed E-state index contributed by atoms with van der Waals surface area (Å²) in [6, 6.07) is 14.8. The van der Waals surface area contributed by atoms with Gasteiger partial charge in [-0.3, -0.25) is 4.90 Å². The molecule has 5 heteroatoms. The van der Waals surface area contributed by atoms with E-state index in [-0.39, 0.29) is 6.04 Å². The summed E-state index contributed by atoms with van der Waals surface area (Å²) in [6.45, 7) is 4.33. The van der Waals surface area contributed by atoms with E-state index >= 15 is 0 Å². The van der Waals surface area contributed by atoms with Crippen molar-refractivity contribution < 1.29 is 14.2 Å². The molecule has 0 bridgehead atoms. The van der Waals surface area contributed by atoms with Crippen molar-refractivity contribution in [1.82, 2.24) is 10.2 Å². The van der Waals surface area contributed by atoms with Crippen molar-refractivity contribution in [2.45, 2.75) is 6.04 Å². The van der Waals surface area contributed by atoms with E-state index < -0.39 is 0 Å². The maximum atomic E-state index is 5.58. The molecule has 4 rings (SSSR count). The van der Waals surface area contributed by atoms with E-state index in [1.54, 1.807) is 7.11 Å². The van der Waals surface area contributed by atoms with Crippen molar-refractivity contribution >= 4 is 0 Å². The van der Waals surface area contributed by atoms with Gasteiger partial charge in [-0.15, -0.1) is 0 Å². The maximum Gasteiger partial charge on any atom is 0.231 e. The SMILES string of the molecule is COc1cccc(C(c2ccc3c(c2)OCO3)N2CCNCC2)c1. The Bertz CT molecular complexity index is 714. The lowest BCUT2D eigenvalue weighted by atomic mass is 9.96. The van der Waals surface area contributed by atoms with Gasteiger partial charge in [0, 0.05) is 26.2 Å². The van der Waals surface area contributed by atoms with E-state index in [9.17, 15) is 0 Å². The fourth-order valence-corrected chi connectivity index (χ4v) is 3.45. The van der Waals surface area contributed by atoms with E-state index in [4.69, 9.17) is 14.2 Å². The van der Waals surface area contributed by atoms with Crippen LogP contribution in [0.15, 0.2) is 42.5 Å². The van der Waals surface area contributed by atoms with E-state index in [0.717, 1.165) is 43.4 Å². The number of hydrogen-bond donors (Lipinski definition) is 1. The van der Waals surface area contributed by atoms with E-state index in [0.29, 0.717) is 6.79 Å². The van der Waals surface area contributed by atoms with E-state index in [1.165, 1.54) is 11.1 Å². The normalized spacial score (nSPS) is 18.4. The number of fused-ring (bicyclic) bond motifs is 1. The first-order valence-electron chi connectivity index (χ1n) is 8.33. The molecule has 2 aliphatic heterocycles. The average molecular weight is 326 g/mol. The third-order valence-corrected chi connectivity index (χ3v) is 4.64. The van der Waals surface area contributed by atoms with Gasteiger partial charge in [-0.2, -0.15) is 0 Å². The van der Waals surface area contributed by atoms with E-state index in [1.807, 2.05) is 12.1 Å². The summed E-state index contributed by atoms with van der Waals surface area (Å²) < 4.78 is 16.5. The standard InChI is InChI=1S/C19H22N2O3/c1-22-16-4-2-3-14(11-16)19(21-9-7-20-8-10-21)15-5-6-17-18(12-15)24-13-23-17/h2-6,11-12,19-20H,7-10,13H2,1H3. The molecular formula is C19H22N2O3. The molecule has 5 nitrogen and oxygen atoms in total. The first-order valence-corrected chi connectivity index (χ1v) is 8.33. The molecule has 0 saturated carbocycles. The van der Waals surface area contributed by atoms with Crippen LogP contribution >= 0.6 is 0 Å². The van der Waals surface area contributed by atoms with Crippen LogP contribution in [0.1, 0.15) is 17.2 Å². The van der Waals surface area contributed by atoms with Gasteiger partial charge in [0.2, 0.25) is 6.79 Å². The molecular weight excluding hydrogens is 304 g/mol. The maximum absolute atomic E-state index is 5.58. The summed E-state index contributed by atoms with van der Waals surface area (Å²) in [5.74, 6) is 2.53. The fraction of sp³-hybridized carbons (Fsp3) is 0.368. The third-order valence-electron chi connectivity index (χ3n) is 4.64. The predicted octanol–water partition coefficient (Wildman–Crippen LogP) is 2.42. The molecule has 2 aliphatic rings. The van der Waals surface area contributed by atoms with Gasteiger partial charge in [0.05, 0.1) is 13.2 Å². The van der Waals surface area contributed by atoms with Crippen molar-refractivity contribution in [3.05, 3.63) is 53.6 Å². The third kappa shape index (κ3) is 2.92. The smallest absolute Gasteiger partial charge is 0.231 e. The molecule has 0 radical (unpaired) electrons. The van der Waals surface area contributed by atoms with Crippen LogP contribution in [0, 0.1) is 0 Å². The summed E-state index contributed by atoms with van der Waals surface area (Å²) in [5, 5.41) is 3.43. The van der Waals surface area contributed by atoms with E-state index in [2.05, 4.69) is 40.5 Å². The number of benzene rings is 2. The van der Waals surface area contributed by atoms with Crippen LogP contribution in [0.25, 0.3) is 0 Å². The molecule has 0 aliphatic carbocycles. The molecule has 1 saturated heterocycles. The largest absolute Gasteiger partial charge is 0.497 e. The number of piperazine rings is 1. The first kappa shape index (κ1) is 15.3. The number of ether oxygens (including phenoxy) is 3. The monoisotopic (exact) mass is 326 g/mol. The predicted molar refractivity (Wildman–Crippen MR) is 91.8 cm³/mol. The molecule has 1 N–H and O–H groups in total. The molecule has 0 amide bonds. The Morgan fingerprint density at radius 1 is 1.00 bits per heavy atom. The first-order chi connectivity index (χ1) is 11.8. The van der Waals surface area contributed by atoms with Crippen LogP contribution < -0.4 is 19.5 Å². The van der Waals surface area contributed by atoms with Gasteiger partial charge in [-0.05, 0) is 35.4 Å². The minimum atomic E-state index is 0.177. The number of nitrogens with one attached hydrogen (secondary N) is 1. The second kappa shape index (κ2) is 6.71. The fourth-order valence-electron chi connectivity index (χ4n) is 3.45. The summed E-state index contributed by atoms with van der Waals surface area (Å²) >= 11 is 0. The van der Waals surface area contributed by atoms with Crippen LogP contribution in [0.4, 0.5) is 0 Å². The molecule has 1 unspecified atom stereocenters. The zero-order chi connectivity index (χ0) is 16.4. The number of nitrogens with zero attached hydrogens (tertiary/aromatic N) is 1. The quantitative estimate of drug-likeness (QED) is 0.935. The highest BCUT2D eigenvalue weighted by Gasteiger charge is 2.26. The van der Waals surface area contributed by atoms with Crippen molar-refractivity contribution in [2.24, 2.45) is 0 Å². The number of hydrogen-bond acceptors (Lipinski definition) is 5. The van der Waals surface area contributed by atoms with Crippen molar-refractivity contribution in [2.75, 3.05) is 40.1 Å². The van der Waals surface area contributed by atoms with Gasteiger partial charge in [0.25, 0.3) is 0 Å². The van der Waals surface area contributed by atoms with Crippen LogP contribution in [-0.2, 0) is 0 Å². The molecule has 2 aromatic carbocycles. The zero-order valence-corrected chi connectivity index (χ0v) is 13.8. The lowest BCUT2D eigenvalue weighted by Crippen LogP contribution is -2.45. The molecule has 126 valence electrons. The summed E-state index contributed by atoms with van der Waals surface area (Å²) in [6.07, 6.45) is 0. The Morgan fingerprint density at radius 3 is 2.62 bits per heavy atom. The molecule has 2 aromatic rings. The Hall–Kier alpha value is -2.24. The Balaban J connectivity index is 1.74. The average Bonchev–Trinajstić information content (AvgIpc) is 3.11. The summed E-state index contributed by atoms with van der Waals surface area (Å²) in [7, 11) is 1.71. The van der Waals surface area contributed by atoms with Gasteiger partial charge >= 0.3 is 0 Å². The van der Waals surface area contributed by atoms with Gasteiger partial charge < -0.3 is 19.5 Å². The van der Waals surface area contributed by atoms with Gasteiger partial charge in [0.1, 0.15) is 5.75 Å². The highest BCUT2D eigenvalue weighted by molar-refractivity contribution is 5.47.